The third-order valence-corrected chi connectivity index (χ3v) is 9.49. The summed E-state index contributed by atoms with van der Waals surface area (Å²) in [4.78, 5) is 29.3. The van der Waals surface area contributed by atoms with Gasteiger partial charge in [0.15, 0.2) is 0 Å². The molecule has 3 aromatic carbocycles. The van der Waals surface area contributed by atoms with E-state index in [1.165, 1.54) is 16.4 Å². The molecule has 0 aliphatic heterocycles. The summed E-state index contributed by atoms with van der Waals surface area (Å²) in [5.41, 5.74) is 2.69. The second-order valence-electron chi connectivity index (χ2n) is 11.2. The Balaban J connectivity index is 1.59. The number of amides is 2. The monoisotopic (exact) mass is 627 g/mol. The van der Waals surface area contributed by atoms with Gasteiger partial charge < -0.3 is 10.2 Å². The van der Waals surface area contributed by atoms with Gasteiger partial charge in [-0.2, -0.15) is 0 Å². The van der Waals surface area contributed by atoms with Crippen molar-refractivity contribution in [1.29, 1.82) is 0 Å². The summed E-state index contributed by atoms with van der Waals surface area (Å²) in [5.74, 6) is -0.903. The molecule has 230 valence electrons. The molecule has 4 rings (SSSR count). The van der Waals surface area contributed by atoms with E-state index in [9.17, 15) is 22.4 Å². The van der Waals surface area contributed by atoms with Crippen LogP contribution in [0.3, 0.4) is 0 Å². The number of carbonyl (C=O) groups is 2. The van der Waals surface area contributed by atoms with E-state index in [-0.39, 0.29) is 43.8 Å². The quantitative estimate of drug-likeness (QED) is 0.251. The first-order chi connectivity index (χ1) is 20.5. The fraction of sp³-hybridized carbons (Fsp3) is 0.394. The maximum Gasteiger partial charge on any atom is 0.243 e. The summed E-state index contributed by atoms with van der Waals surface area (Å²) in [6.07, 6.45) is 5.57. The number of sulfonamides is 1. The Kier molecular flexibility index (Phi) is 11.2. The molecule has 1 fully saturated rings. The van der Waals surface area contributed by atoms with E-state index in [4.69, 9.17) is 11.6 Å². The molecule has 0 spiro atoms. The van der Waals surface area contributed by atoms with Gasteiger partial charge >= 0.3 is 0 Å². The van der Waals surface area contributed by atoms with Crippen LogP contribution in [-0.2, 0) is 32.6 Å². The third kappa shape index (κ3) is 9.03. The molecule has 0 bridgehead atoms. The number of halogens is 2. The summed E-state index contributed by atoms with van der Waals surface area (Å²) in [6, 6.07) is 19.8. The summed E-state index contributed by atoms with van der Waals surface area (Å²) >= 11 is 6.27. The zero-order valence-corrected chi connectivity index (χ0v) is 26.2. The lowest BCUT2D eigenvalue weighted by atomic mass is 10.0. The van der Waals surface area contributed by atoms with Crippen LogP contribution >= 0.6 is 11.6 Å². The molecular formula is C33H39ClFN3O4S. The molecule has 1 aliphatic rings. The lowest BCUT2D eigenvalue weighted by molar-refractivity contribution is -0.141. The normalized spacial score (nSPS) is 14.3. The first kappa shape index (κ1) is 32.5. The van der Waals surface area contributed by atoms with Crippen molar-refractivity contribution in [2.45, 2.75) is 70.5 Å². The second-order valence-corrected chi connectivity index (χ2v) is 13.5. The smallest absolute Gasteiger partial charge is 0.243 e. The van der Waals surface area contributed by atoms with Gasteiger partial charge in [-0.1, -0.05) is 73.0 Å². The average molecular weight is 628 g/mol. The summed E-state index contributed by atoms with van der Waals surface area (Å²) < 4.78 is 40.5. The molecule has 3 aromatic rings. The molecule has 0 radical (unpaired) electrons. The number of rotatable bonds is 13. The van der Waals surface area contributed by atoms with Crippen LogP contribution in [0.2, 0.25) is 5.02 Å². The van der Waals surface area contributed by atoms with Crippen LogP contribution in [0.15, 0.2) is 72.8 Å². The van der Waals surface area contributed by atoms with Crippen molar-refractivity contribution in [3.63, 3.8) is 0 Å². The van der Waals surface area contributed by atoms with Crippen LogP contribution in [0.5, 0.6) is 0 Å². The average Bonchev–Trinajstić information content (AvgIpc) is 3.48. The van der Waals surface area contributed by atoms with Crippen LogP contribution in [0.25, 0.3) is 0 Å². The third-order valence-electron chi connectivity index (χ3n) is 7.90. The molecule has 0 heterocycles. The van der Waals surface area contributed by atoms with E-state index in [2.05, 4.69) is 5.32 Å². The first-order valence-electron chi connectivity index (χ1n) is 14.6. The highest BCUT2D eigenvalue weighted by atomic mass is 35.5. The molecule has 1 atom stereocenters. The maximum atomic E-state index is 14.0. The zero-order chi connectivity index (χ0) is 31.0. The van der Waals surface area contributed by atoms with Gasteiger partial charge in [0.1, 0.15) is 11.9 Å². The standard InChI is InChI=1S/C33H39ClFN3O4S/c1-24-29(34)14-8-15-30(24)38(43(2,41)42)21-9-16-32(39)37(23-26-17-19-27(35)20-18-26)31(22-25-10-4-3-5-11-25)33(40)36-28-12-6-7-13-28/h3-5,8,10-11,14-15,17-20,28,31H,6-7,9,12-13,16,21-23H2,1-2H3,(H,36,40). The van der Waals surface area contributed by atoms with E-state index in [0.29, 0.717) is 28.3 Å². The highest BCUT2D eigenvalue weighted by molar-refractivity contribution is 7.92. The first-order valence-corrected chi connectivity index (χ1v) is 16.9. The number of benzene rings is 3. The summed E-state index contributed by atoms with van der Waals surface area (Å²) in [7, 11) is -3.66. The van der Waals surface area contributed by atoms with Crippen LogP contribution in [0.1, 0.15) is 55.2 Å². The molecule has 1 N–H and O–H groups in total. The van der Waals surface area contributed by atoms with E-state index in [0.717, 1.165) is 37.5 Å². The highest BCUT2D eigenvalue weighted by Crippen LogP contribution is 2.29. The van der Waals surface area contributed by atoms with Gasteiger partial charge in [-0.05, 0) is 67.1 Å². The minimum Gasteiger partial charge on any atom is -0.352 e. The lowest BCUT2D eigenvalue weighted by Gasteiger charge is -2.33. The van der Waals surface area contributed by atoms with Crippen LogP contribution in [0, 0.1) is 12.7 Å². The molecule has 7 nitrogen and oxygen atoms in total. The molecule has 43 heavy (non-hydrogen) atoms. The summed E-state index contributed by atoms with van der Waals surface area (Å²) in [5, 5.41) is 3.61. The van der Waals surface area contributed by atoms with Crippen molar-refractivity contribution in [3.05, 3.63) is 100 Å². The Morgan fingerprint density at radius 1 is 0.977 bits per heavy atom. The van der Waals surface area contributed by atoms with Gasteiger partial charge in [0.05, 0.1) is 11.9 Å². The van der Waals surface area contributed by atoms with E-state index in [1.807, 2.05) is 30.3 Å². The van der Waals surface area contributed by atoms with Crippen LogP contribution in [0.4, 0.5) is 10.1 Å². The number of carbonyl (C=O) groups excluding carboxylic acids is 2. The molecular weight excluding hydrogens is 589 g/mol. The van der Waals surface area contributed by atoms with Crippen LogP contribution in [-0.4, -0.2) is 50.0 Å². The molecule has 1 aliphatic carbocycles. The number of hydrogen-bond acceptors (Lipinski definition) is 4. The Morgan fingerprint density at radius 2 is 1.65 bits per heavy atom. The number of nitrogens with zero attached hydrogens (tertiary/aromatic N) is 2. The van der Waals surface area contributed by atoms with Crippen molar-refractivity contribution in [1.82, 2.24) is 10.2 Å². The number of hydrogen-bond donors (Lipinski definition) is 1. The van der Waals surface area contributed by atoms with E-state index < -0.39 is 21.9 Å². The fourth-order valence-electron chi connectivity index (χ4n) is 5.56. The Morgan fingerprint density at radius 3 is 2.30 bits per heavy atom. The van der Waals surface area contributed by atoms with Crippen molar-refractivity contribution >= 4 is 39.1 Å². The van der Waals surface area contributed by atoms with Crippen molar-refractivity contribution in [3.8, 4) is 0 Å². The van der Waals surface area contributed by atoms with Crippen molar-refractivity contribution in [2.75, 3.05) is 17.1 Å². The number of nitrogens with one attached hydrogen (secondary N) is 1. The van der Waals surface area contributed by atoms with Crippen molar-refractivity contribution < 1.29 is 22.4 Å². The predicted molar refractivity (Wildman–Crippen MR) is 169 cm³/mol. The molecule has 0 saturated heterocycles. The van der Waals surface area contributed by atoms with Gasteiger partial charge in [0.25, 0.3) is 0 Å². The predicted octanol–water partition coefficient (Wildman–Crippen LogP) is 6.03. The van der Waals surface area contributed by atoms with E-state index in [1.54, 1.807) is 42.2 Å². The van der Waals surface area contributed by atoms with Gasteiger partial charge in [-0.25, -0.2) is 12.8 Å². The van der Waals surface area contributed by atoms with E-state index >= 15 is 0 Å². The minimum atomic E-state index is -3.66. The SMILES string of the molecule is Cc1c(Cl)cccc1N(CCCC(=O)N(Cc1ccc(F)cc1)C(Cc1ccccc1)C(=O)NC1CCCC1)S(C)(=O)=O. The maximum absolute atomic E-state index is 14.0. The van der Waals surface area contributed by atoms with Gasteiger partial charge in [-0.3, -0.25) is 13.9 Å². The van der Waals surface area contributed by atoms with Gasteiger partial charge in [0.2, 0.25) is 21.8 Å². The topological polar surface area (TPSA) is 86.8 Å². The highest BCUT2D eigenvalue weighted by Gasteiger charge is 2.32. The number of anilines is 1. The van der Waals surface area contributed by atoms with Crippen molar-refractivity contribution in [2.24, 2.45) is 0 Å². The zero-order valence-electron chi connectivity index (χ0n) is 24.6. The Labute approximate surface area is 259 Å². The van der Waals surface area contributed by atoms with Gasteiger partial charge in [-0.15, -0.1) is 0 Å². The second kappa shape index (κ2) is 14.8. The molecule has 1 unspecified atom stereocenters. The van der Waals surface area contributed by atoms with Crippen LogP contribution < -0.4 is 9.62 Å². The molecule has 2 amide bonds. The molecule has 10 heteroatoms. The minimum absolute atomic E-state index is 0.00876. The Hall–Kier alpha value is -3.43. The lowest BCUT2D eigenvalue weighted by Crippen LogP contribution is -2.52. The summed E-state index contributed by atoms with van der Waals surface area (Å²) in [6.45, 7) is 1.92. The van der Waals surface area contributed by atoms with Gasteiger partial charge in [0, 0.05) is 37.0 Å². The molecule has 0 aromatic heterocycles. The largest absolute Gasteiger partial charge is 0.352 e. The fourth-order valence-corrected chi connectivity index (χ4v) is 6.74. The Bertz CT molecular complexity index is 1500. The molecule has 1 saturated carbocycles.